The number of benzene rings is 1. The average Bonchev–Trinajstić information content (AvgIpc) is 3.42. The zero-order valence-electron chi connectivity index (χ0n) is 16.4. The van der Waals surface area contributed by atoms with E-state index < -0.39 is 36.1 Å². The van der Waals surface area contributed by atoms with Gasteiger partial charge in [0.05, 0.1) is 26.2 Å². The molecule has 1 aromatic carbocycles. The second-order valence-electron chi connectivity index (χ2n) is 6.20. The fraction of sp³-hybridized carbons (Fsp3) is 0.550. The number of nitrogens with one attached hydrogen (secondary N) is 1. The van der Waals surface area contributed by atoms with Crippen LogP contribution in [0.5, 0.6) is 5.75 Å². The third kappa shape index (κ3) is 6.53. The molecule has 154 valence electrons. The average molecular weight is 393 g/mol. The van der Waals surface area contributed by atoms with E-state index in [0.29, 0.717) is 6.61 Å². The van der Waals surface area contributed by atoms with Crippen molar-refractivity contribution >= 4 is 17.8 Å². The summed E-state index contributed by atoms with van der Waals surface area (Å²) >= 11 is 0. The quantitative estimate of drug-likeness (QED) is 0.448. The summed E-state index contributed by atoms with van der Waals surface area (Å²) in [6.45, 7) is 6.35. The Morgan fingerprint density at radius 1 is 1.04 bits per heavy atom. The van der Waals surface area contributed by atoms with Crippen molar-refractivity contribution < 1.29 is 33.3 Å². The van der Waals surface area contributed by atoms with Gasteiger partial charge in [-0.1, -0.05) is 12.1 Å². The van der Waals surface area contributed by atoms with Crippen LogP contribution in [0, 0.1) is 0 Å². The summed E-state index contributed by atoms with van der Waals surface area (Å²) in [5.74, 6) is -0.652. The summed E-state index contributed by atoms with van der Waals surface area (Å²) in [5, 5.41) is 2.67. The molecule has 0 saturated carbocycles. The minimum Gasteiger partial charge on any atom is -0.494 e. The van der Waals surface area contributed by atoms with Crippen molar-refractivity contribution in [3.8, 4) is 5.75 Å². The molecular formula is C20H27NO7. The predicted molar refractivity (Wildman–Crippen MR) is 99.8 cm³/mol. The molecule has 1 aliphatic rings. The molecule has 1 N–H and O–H groups in total. The highest BCUT2D eigenvalue weighted by Gasteiger charge is 2.47. The van der Waals surface area contributed by atoms with Crippen LogP contribution < -0.4 is 10.1 Å². The van der Waals surface area contributed by atoms with Gasteiger partial charge in [0.2, 0.25) is 0 Å². The molecule has 1 amide bonds. The molecule has 8 nitrogen and oxygen atoms in total. The van der Waals surface area contributed by atoms with E-state index in [1.807, 2.05) is 31.2 Å². The van der Waals surface area contributed by atoms with Gasteiger partial charge in [-0.25, -0.2) is 4.79 Å². The highest BCUT2D eigenvalue weighted by molar-refractivity contribution is 5.89. The predicted octanol–water partition coefficient (Wildman–Crippen LogP) is 1.40. The third-order valence-electron chi connectivity index (χ3n) is 4.08. The van der Waals surface area contributed by atoms with Crippen molar-refractivity contribution in [3.05, 3.63) is 29.8 Å². The molecule has 3 atom stereocenters. The molecule has 0 unspecified atom stereocenters. The Hall–Kier alpha value is -2.61. The molecule has 1 fully saturated rings. The Labute approximate surface area is 164 Å². The highest BCUT2D eigenvalue weighted by atomic mass is 16.6. The largest absolute Gasteiger partial charge is 0.494 e. The SMILES string of the molecule is CCOC(=O)C[C@H]1O[C@@H]1C(=O)N[C@@H](Cc1ccc(OCC)cc1)C(=O)OCC. The number of amides is 1. The molecule has 0 radical (unpaired) electrons. The highest BCUT2D eigenvalue weighted by Crippen LogP contribution is 2.26. The molecular weight excluding hydrogens is 366 g/mol. The fourth-order valence-electron chi connectivity index (χ4n) is 2.73. The van der Waals surface area contributed by atoms with Gasteiger partial charge < -0.3 is 24.3 Å². The van der Waals surface area contributed by atoms with Gasteiger partial charge in [-0.15, -0.1) is 0 Å². The lowest BCUT2D eigenvalue weighted by Gasteiger charge is -2.17. The molecule has 1 aromatic rings. The number of carbonyl (C=O) groups excluding carboxylic acids is 3. The molecule has 0 spiro atoms. The van der Waals surface area contributed by atoms with E-state index in [-0.39, 0.29) is 26.1 Å². The number of rotatable bonds is 11. The van der Waals surface area contributed by atoms with Gasteiger partial charge >= 0.3 is 11.9 Å². The van der Waals surface area contributed by atoms with E-state index in [4.69, 9.17) is 18.9 Å². The van der Waals surface area contributed by atoms with E-state index in [0.717, 1.165) is 11.3 Å². The maximum atomic E-state index is 12.4. The molecule has 1 saturated heterocycles. The topological polar surface area (TPSA) is 103 Å². The zero-order valence-corrected chi connectivity index (χ0v) is 16.4. The number of esters is 2. The summed E-state index contributed by atoms with van der Waals surface area (Å²) in [4.78, 5) is 36.1. The Morgan fingerprint density at radius 3 is 2.32 bits per heavy atom. The summed E-state index contributed by atoms with van der Waals surface area (Å²) in [5.41, 5.74) is 0.849. The first kappa shape index (κ1) is 21.7. The van der Waals surface area contributed by atoms with E-state index in [1.54, 1.807) is 13.8 Å². The Morgan fingerprint density at radius 2 is 1.71 bits per heavy atom. The molecule has 0 aromatic heterocycles. The van der Waals surface area contributed by atoms with Crippen LogP contribution >= 0.6 is 0 Å². The molecule has 28 heavy (non-hydrogen) atoms. The smallest absolute Gasteiger partial charge is 0.328 e. The second kappa shape index (κ2) is 10.7. The summed E-state index contributed by atoms with van der Waals surface area (Å²) < 4.78 is 20.6. The molecule has 1 aliphatic heterocycles. The third-order valence-corrected chi connectivity index (χ3v) is 4.08. The summed E-state index contributed by atoms with van der Waals surface area (Å²) in [6.07, 6.45) is -1.00. The summed E-state index contributed by atoms with van der Waals surface area (Å²) in [6, 6.07) is 6.43. The van der Waals surface area contributed by atoms with Crippen molar-refractivity contribution in [3.63, 3.8) is 0 Å². The van der Waals surface area contributed by atoms with Crippen LogP contribution in [0.2, 0.25) is 0 Å². The minimum absolute atomic E-state index is 0.00882. The summed E-state index contributed by atoms with van der Waals surface area (Å²) in [7, 11) is 0. The molecule has 8 heteroatoms. The number of hydrogen-bond donors (Lipinski definition) is 1. The normalized spacial score (nSPS) is 18.7. The van der Waals surface area contributed by atoms with Crippen molar-refractivity contribution in [1.82, 2.24) is 5.32 Å². The van der Waals surface area contributed by atoms with Gasteiger partial charge in [0, 0.05) is 6.42 Å². The first-order chi connectivity index (χ1) is 13.5. The van der Waals surface area contributed by atoms with Crippen LogP contribution in [0.4, 0.5) is 0 Å². The van der Waals surface area contributed by atoms with Crippen LogP contribution in [0.15, 0.2) is 24.3 Å². The van der Waals surface area contributed by atoms with Crippen LogP contribution in [-0.2, 0) is 35.0 Å². The molecule has 0 aliphatic carbocycles. The Balaban J connectivity index is 1.94. The lowest BCUT2D eigenvalue weighted by Crippen LogP contribution is -2.45. The van der Waals surface area contributed by atoms with E-state index in [2.05, 4.69) is 5.32 Å². The van der Waals surface area contributed by atoms with Gasteiger partial charge in [-0.2, -0.15) is 0 Å². The van der Waals surface area contributed by atoms with Crippen molar-refractivity contribution in [2.45, 2.75) is 51.9 Å². The van der Waals surface area contributed by atoms with Crippen LogP contribution in [0.3, 0.4) is 0 Å². The van der Waals surface area contributed by atoms with Crippen molar-refractivity contribution in [2.24, 2.45) is 0 Å². The van der Waals surface area contributed by atoms with Gasteiger partial charge in [0.25, 0.3) is 5.91 Å². The van der Waals surface area contributed by atoms with Gasteiger partial charge in [-0.3, -0.25) is 9.59 Å². The van der Waals surface area contributed by atoms with E-state index >= 15 is 0 Å². The minimum atomic E-state index is -0.849. The maximum absolute atomic E-state index is 12.4. The van der Waals surface area contributed by atoms with Gasteiger partial charge in [-0.05, 0) is 38.5 Å². The Kier molecular flexibility index (Phi) is 8.25. The lowest BCUT2D eigenvalue weighted by molar-refractivity contribution is -0.147. The number of hydrogen-bond acceptors (Lipinski definition) is 7. The zero-order chi connectivity index (χ0) is 20.5. The number of carbonyl (C=O) groups is 3. The lowest BCUT2D eigenvalue weighted by atomic mass is 10.1. The van der Waals surface area contributed by atoms with Gasteiger partial charge in [0.1, 0.15) is 17.9 Å². The second-order valence-corrected chi connectivity index (χ2v) is 6.20. The van der Waals surface area contributed by atoms with E-state index in [9.17, 15) is 14.4 Å². The molecule has 2 rings (SSSR count). The van der Waals surface area contributed by atoms with Crippen LogP contribution in [-0.4, -0.2) is 55.9 Å². The molecule has 1 heterocycles. The first-order valence-electron chi connectivity index (χ1n) is 9.48. The maximum Gasteiger partial charge on any atom is 0.328 e. The Bertz CT molecular complexity index is 674. The number of epoxide rings is 1. The van der Waals surface area contributed by atoms with Crippen molar-refractivity contribution in [1.29, 1.82) is 0 Å². The number of ether oxygens (including phenoxy) is 4. The van der Waals surface area contributed by atoms with Crippen molar-refractivity contribution in [2.75, 3.05) is 19.8 Å². The van der Waals surface area contributed by atoms with Crippen LogP contribution in [0.25, 0.3) is 0 Å². The molecule has 0 bridgehead atoms. The monoisotopic (exact) mass is 393 g/mol. The van der Waals surface area contributed by atoms with E-state index in [1.165, 1.54) is 0 Å². The van der Waals surface area contributed by atoms with Gasteiger partial charge in [0.15, 0.2) is 6.10 Å². The van der Waals surface area contributed by atoms with Crippen LogP contribution in [0.1, 0.15) is 32.8 Å². The fourth-order valence-corrected chi connectivity index (χ4v) is 2.73. The standard InChI is InChI=1S/C20H27NO7/c1-4-25-14-9-7-13(8-10-14)11-15(20(24)27-6-3)21-19(23)18-16(28-18)12-17(22)26-5-2/h7-10,15-16,18H,4-6,11-12H2,1-3H3,(H,21,23)/t15-,16+,18-/m0/s1. The first-order valence-corrected chi connectivity index (χ1v) is 9.48.